The summed E-state index contributed by atoms with van der Waals surface area (Å²) in [6.07, 6.45) is 1.25. The van der Waals surface area contributed by atoms with Crippen molar-refractivity contribution in [2.24, 2.45) is 22.7 Å². The first-order chi connectivity index (χ1) is 6.23. The van der Waals surface area contributed by atoms with E-state index in [2.05, 4.69) is 41.5 Å². The van der Waals surface area contributed by atoms with Crippen LogP contribution in [0, 0.1) is 22.7 Å². The molecular weight excluding hydrogens is 172 g/mol. The third-order valence-corrected chi connectivity index (χ3v) is 3.30. The van der Waals surface area contributed by atoms with Crippen LogP contribution in [-0.2, 0) is 4.74 Å². The highest BCUT2D eigenvalue weighted by atomic mass is 16.5. The van der Waals surface area contributed by atoms with Crippen LogP contribution in [0.15, 0.2) is 0 Å². The van der Waals surface area contributed by atoms with Crippen LogP contribution in [0.1, 0.15) is 48.0 Å². The first kappa shape index (κ1) is 12.0. The van der Waals surface area contributed by atoms with Crippen molar-refractivity contribution in [1.82, 2.24) is 0 Å². The quantitative estimate of drug-likeness (QED) is 0.624. The standard InChI is InChI=1S/C13H26O/c1-12(2,3)11(13(4,5)6)10-7-8-14-9-10/h10-11H,7-9H2,1-6H3. The van der Waals surface area contributed by atoms with Crippen molar-refractivity contribution in [3.8, 4) is 0 Å². The average molecular weight is 198 g/mol. The fourth-order valence-electron chi connectivity index (χ4n) is 3.53. The molecule has 0 amide bonds. The van der Waals surface area contributed by atoms with Gasteiger partial charge >= 0.3 is 0 Å². The van der Waals surface area contributed by atoms with Crippen LogP contribution in [0.25, 0.3) is 0 Å². The van der Waals surface area contributed by atoms with E-state index in [1.54, 1.807) is 0 Å². The van der Waals surface area contributed by atoms with Crippen molar-refractivity contribution in [2.45, 2.75) is 48.0 Å². The smallest absolute Gasteiger partial charge is 0.0498 e. The van der Waals surface area contributed by atoms with Gasteiger partial charge in [-0.3, -0.25) is 0 Å². The third-order valence-electron chi connectivity index (χ3n) is 3.30. The molecule has 1 atom stereocenters. The van der Waals surface area contributed by atoms with E-state index in [1.165, 1.54) is 6.42 Å². The highest BCUT2D eigenvalue weighted by Crippen LogP contribution is 2.46. The third kappa shape index (κ3) is 2.73. The molecule has 1 fully saturated rings. The van der Waals surface area contributed by atoms with Gasteiger partial charge in [0.05, 0.1) is 0 Å². The second-order valence-electron chi connectivity index (χ2n) is 6.83. The van der Waals surface area contributed by atoms with E-state index in [4.69, 9.17) is 4.74 Å². The van der Waals surface area contributed by atoms with Gasteiger partial charge in [-0.1, -0.05) is 41.5 Å². The maximum Gasteiger partial charge on any atom is 0.0498 e. The second-order valence-corrected chi connectivity index (χ2v) is 6.83. The molecular formula is C13H26O. The zero-order chi connectivity index (χ0) is 11.0. The minimum Gasteiger partial charge on any atom is -0.381 e. The van der Waals surface area contributed by atoms with Crippen molar-refractivity contribution in [1.29, 1.82) is 0 Å². The lowest BCUT2D eigenvalue weighted by Gasteiger charge is -2.44. The van der Waals surface area contributed by atoms with E-state index in [0.717, 1.165) is 25.0 Å². The lowest BCUT2D eigenvalue weighted by Crippen LogP contribution is -2.38. The summed E-state index contributed by atoms with van der Waals surface area (Å²) in [6.45, 7) is 16.1. The first-order valence-corrected chi connectivity index (χ1v) is 5.80. The molecule has 1 aliphatic heterocycles. The molecule has 0 aliphatic carbocycles. The fraction of sp³-hybridized carbons (Fsp3) is 1.00. The Hall–Kier alpha value is -0.0400. The van der Waals surface area contributed by atoms with Gasteiger partial charge in [0.1, 0.15) is 0 Å². The van der Waals surface area contributed by atoms with Crippen LogP contribution >= 0.6 is 0 Å². The van der Waals surface area contributed by atoms with Gasteiger partial charge in [0.2, 0.25) is 0 Å². The molecule has 1 saturated heterocycles. The molecule has 0 saturated carbocycles. The fourth-order valence-corrected chi connectivity index (χ4v) is 3.53. The van der Waals surface area contributed by atoms with Gasteiger partial charge in [-0.05, 0) is 29.1 Å². The van der Waals surface area contributed by atoms with Crippen molar-refractivity contribution in [2.75, 3.05) is 13.2 Å². The van der Waals surface area contributed by atoms with Crippen molar-refractivity contribution in [3.05, 3.63) is 0 Å². The molecule has 0 spiro atoms. The zero-order valence-electron chi connectivity index (χ0n) is 10.7. The van der Waals surface area contributed by atoms with Crippen molar-refractivity contribution < 1.29 is 4.74 Å². The Kier molecular flexibility index (Phi) is 3.30. The van der Waals surface area contributed by atoms with E-state index in [0.29, 0.717) is 10.8 Å². The summed E-state index contributed by atoms with van der Waals surface area (Å²) in [5, 5.41) is 0. The van der Waals surface area contributed by atoms with E-state index in [1.807, 2.05) is 0 Å². The monoisotopic (exact) mass is 198 g/mol. The van der Waals surface area contributed by atoms with Gasteiger partial charge in [0.15, 0.2) is 0 Å². The Balaban J connectivity index is 2.82. The number of hydrogen-bond donors (Lipinski definition) is 0. The van der Waals surface area contributed by atoms with Gasteiger partial charge in [-0.25, -0.2) is 0 Å². The summed E-state index contributed by atoms with van der Waals surface area (Å²) in [4.78, 5) is 0. The van der Waals surface area contributed by atoms with Crippen molar-refractivity contribution >= 4 is 0 Å². The van der Waals surface area contributed by atoms with Crippen molar-refractivity contribution in [3.63, 3.8) is 0 Å². The van der Waals surface area contributed by atoms with E-state index < -0.39 is 0 Å². The molecule has 1 heterocycles. The highest BCUT2D eigenvalue weighted by molar-refractivity contribution is 4.90. The molecule has 1 aliphatic rings. The van der Waals surface area contributed by atoms with Crippen LogP contribution < -0.4 is 0 Å². The SMILES string of the molecule is CC(C)(C)C(C1CCOC1)C(C)(C)C. The Bertz CT molecular complexity index is 162. The topological polar surface area (TPSA) is 9.23 Å². The Morgan fingerprint density at radius 2 is 1.50 bits per heavy atom. The molecule has 1 unspecified atom stereocenters. The number of ether oxygens (including phenoxy) is 1. The number of rotatable bonds is 1. The van der Waals surface area contributed by atoms with Crippen LogP contribution in [0.3, 0.4) is 0 Å². The largest absolute Gasteiger partial charge is 0.381 e. The maximum atomic E-state index is 5.53. The second kappa shape index (κ2) is 3.84. The van der Waals surface area contributed by atoms with Gasteiger partial charge in [0, 0.05) is 13.2 Å². The molecule has 0 radical (unpaired) electrons. The lowest BCUT2D eigenvalue weighted by atomic mass is 9.61. The van der Waals surface area contributed by atoms with Gasteiger partial charge in [-0.15, -0.1) is 0 Å². The molecule has 1 heteroatoms. The molecule has 84 valence electrons. The molecule has 0 bridgehead atoms. The maximum absolute atomic E-state index is 5.53. The lowest BCUT2D eigenvalue weighted by molar-refractivity contribution is 0.0353. The van der Waals surface area contributed by atoms with E-state index >= 15 is 0 Å². The Morgan fingerprint density at radius 1 is 1.00 bits per heavy atom. The minimum absolute atomic E-state index is 0.386. The first-order valence-electron chi connectivity index (χ1n) is 5.80. The molecule has 0 N–H and O–H groups in total. The van der Waals surface area contributed by atoms with Gasteiger partial charge in [-0.2, -0.15) is 0 Å². The highest BCUT2D eigenvalue weighted by Gasteiger charge is 2.41. The molecule has 14 heavy (non-hydrogen) atoms. The van der Waals surface area contributed by atoms with Crippen LogP contribution in [0.2, 0.25) is 0 Å². The predicted octanol–water partition coefficient (Wildman–Crippen LogP) is 3.73. The summed E-state index contributed by atoms with van der Waals surface area (Å²) in [5.41, 5.74) is 0.771. The molecule has 1 nitrogen and oxygen atoms in total. The summed E-state index contributed by atoms with van der Waals surface area (Å²) in [6, 6.07) is 0. The zero-order valence-corrected chi connectivity index (χ0v) is 10.7. The number of hydrogen-bond acceptors (Lipinski definition) is 1. The predicted molar refractivity (Wildman–Crippen MR) is 61.3 cm³/mol. The van der Waals surface area contributed by atoms with Crippen LogP contribution in [-0.4, -0.2) is 13.2 Å². The van der Waals surface area contributed by atoms with E-state index in [9.17, 15) is 0 Å². The summed E-state index contributed by atoms with van der Waals surface area (Å²) in [5.74, 6) is 1.51. The Morgan fingerprint density at radius 3 is 1.79 bits per heavy atom. The minimum atomic E-state index is 0.386. The molecule has 0 aromatic carbocycles. The summed E-state index contributed by atoms with van der Waals surface area (Å²) < 4.78 is 5.53. The van der Waals surface area contributed by atoms with Crippen LogP contribution in [0.5, 0.6) is 0 Å². The van der Waals surface area contributed by atoms with Crippen LogP contribution in [0.4, 0.5) is 0 Å². The Labute approximate surface area is 89.2 Å². The molecule has 0 aromatic heterocycles. The average Bonchev–Trinajstić information content (AvgIpc) is 2.31. The summed E-state index contributed by atoms with van der Waals surface area (Å²) in [7, 11) is 0. The van der Waals surface area contributed by atoms with Gasteiger partial charge in [0.25, 0.3) is 0 Å². The molecule has 0 aromatic rings. The van der Waals surface area contributed by atoms with Gasteiger partial charge < -0.3 is 4.74 Å². The normalized spacial score (nSPS) is 24.6. The van der Waals surface area contributed by atoms with E-state index in [-0.39, 0.29) is 0 Å². The summed E-state index contributed by atoms with van der Waals surface area (Å²) >= 11 is 0. The molecule has 1 rings (SSSR count).